The van der Waals surface area contributed by atoms with Crippen molar-refractivity contribution < 1.29 is 22.7 Å². The number of ether oxygens (including phenoxy) is 1. The molecule has 1 aromatic heterocycles. The third kappa shape index (κ3) is 4.85. The van der Waals surface area contributed by atoms with Gasteiger partial charge in [-0.1, -0.05) is 0 Å². The van der Waals surface area contributed by atoms with Crippen LogP contribution >= 0.6 is 0 Å². The summed E-state index contributed by atoms with van der Waals surface area (Å²) in [4.78, 5) is 26.8. The number of hydrogen-bond acceptors (Lipinski definition) is 5. The van der Waals surface area contributed by atoms with E-state index in [0.29, 0.717) is 22.9 Å². The highest BCUT2D eigenvalue weighted by molar-refractivity contribution is 7.90. The van der Waals surface area contributed by atoms with Crippen molar-refractivity contribution in [2.45, 2.75) is 57.9 Å². The van der Waals surface area contributed by atoms with E-state index in [1.54, 1.807) is 26.1 Å². The van der Waals surface area contributed by atoms with Gasteiger partial charge in [-0.25, -0.2) is 12.4 Å². The molecule has 2 fully saturated rings. The quantitative estimate of drug-likeness (QED) is 0.629. The van der Waals surface area contributed by atoms with Crippen LogP contribution in [0, 0.1) is 11.8 Å². The molecule has 190 valence electrons. The van der Waals surface area contributed by atoms with E-state index in [2.05, 4.69) is 5.32 Å². The van der Waals surface area contributed by atoms with Crippen LogP contribution in [0.2, 0.25) is 0 Å². The lowest BCUT2D eigenvalue weighted by Crippen LogP contribution is -2.39. The van der Waals surface area contributed by atoms with Crippen LogP contribution in [0.3, 0.4) is 0 Å². The van der Waals surface area contributed by atoms with Gasteiger partial charge in [0.25, 0.3) is 5.91 Å². The van der Waals surface area contributed by atoms with E-state index in [1.165, 1.54) is 8.87 Å². The van der Waals surface area contributed by atoms with Gasteiger partial charge in [0.15, 0.2) is 0 Å². The van der Waals surface area contributed by atoms with E-state index < -0.39 is 10.0 Å². The van der Waals surface area contributed by atoms with E-state index in [4.69, 9.17) is 4.74 Å². The molecule has 0 spiro atoms. The lowest BCUT2D eigenvalue weighted by Gasteiger charge is -2.33. The number of fused-ring (bicyclic) bond motifs is 3. The summed E-state index contributed by atoms with van der Waals surface area (Å²) < 4.78 is 33.3. The molecule has 2 amide bonds. The third-order valence-corrected chi connectivity index (χ3v) is 9.55. The zero-order chi connectivity index (χ0) is 24.7. The Hall–Kier alpha value is -2.39. The second kappa shape index (κ2) is 9.58. The molecule has 0 bridgehead atoms. The number of aromatic nitrogens is 1. The summed E-state index contributed by atoms with van der Waals surface area (Å²) in [5.41, 5.74) is 3.05. The lowest BCUT2D eigenvalue weighted by atomic mass is 9.75. The van der Waals surface area contributed by atoms with E-state index >= 15 is 0 Å². The van der Waals surface area contributed by atoms with Gasteiger partial charge in [-0.2, -0.15) is 0 Å². The van der Waals surface area contributed by atoms with Crippen molar-refractivity contribution in [2.75, 3.05) is 32.6 Å². The Balaban J connectivity index is 1.48. The second-order valence-corrected chi connectivity index (χ2v) is 12.4. The van der Waals surface area contributed by atoms with Gasteiger partial charge in [-0.3, -0.25) is 9.59 Å². The number of benzene rings is 1. The first kappa shape index (κ1) is 24.3. The molecule has 35 heavy (non-hydrogen) atoms. The Morgan fingerprint density at radius 3 is 2.54 bits per heavy atom. The minimum Gasteiger partial charge on any atom is -0.381 e. The molecule has 1 aromatic carbocycles. The summed E-state index contributed by atoms with van der Waals surface area (Å²) in [6, 6.07) is 5.52. The molecule has 1 atom stereocenters. The summed E-state index contributed by atoms with van der Waals surface area (Å²) >= 11 is 0. The predicted molar refractivity (Wildman–Crippen MR) is 134 cm³/mol. The molecule has 1 N–H and O–H groups in total. The summed E-state index contributed by atoms with van der Waals surface area (Å²) in [6.45, 7) is 3.25. The molecule has 9 heteroatoms. The highest BCUT2D eigenvalue weighted by Gasteiger charge is 2.34. The number of nitrogens with zero attached hydrogens (tertiary/aromatic N) is 2. The Morgan fingerprint density at radius 1 is 1.11 bits per heavy atom. The van der Waals surface area contributed by atoms with Crippen LogP contribution < -0.4 is 5.32 Å². The van der Waals surface area contributed by atoms with Crippen LogP contribution in [0.4, 0.5) is 0 Å². The fourth-order valence-electron chi connectivity index (χ4n) is 5.72. The van der Waals surface area contributed by atoms with Gasteiger partial charge >= 0.3 is 0 Å². The van der Waals surface area contributed by atoms with Gasteiger partial charge in [0.05, 0.1) is 17.8 Å². The van der Waals surface area contributed by atoms with Gasteiger partial charge in [-0.05, 0) is 87.5 Å². The van der Waals surface area contributed by atoms with Crippen LogP contribution in [0.1, 0.15) is 60.6 Å². The van der Waals surface area contributed by atoms with Crippen molar-refractivity contribution in [3.8, 4) is 0 Å². The van der Waals surface area contributed by atoms with Crippen molar-refractivity contribution in [3.05, 3.63) is 35.0 Å². The van der Waals surface area contributed by atoms with Gasteiger partial charge in [0.1, 0.15) is 0 Å². The van der Waals surface area contributed by atoms with Gasteiger partial charge in [0, 0.05) is 42.9 Å². The molecule has 1 saturated heterocycles. The number of amides is 2. The largest absolute Gasteiger partial charge is 0.381 e. The summed E-state index contributed by atoms with van der Waals surface area (Å²) in [5.74, 6) is 0.698. The topological polar surface area (TPSA) is 97.7 Å². The molecule has 1 unspecified atom stereocenters. The molecule has 5 rings (SSSR count). The fraction of sp³-hybridized carbons (Fsp3) is 0.615. The predicted octanol–water partition coefficient (Wildman–Crippen LogP) is 2.72. The number of likely N-dealkylation sites (N-methyl/N-ethyl adjacent to an activating group) is 1. The molecular weight excluding hydrogens is 466 g/mol. The molecule has 2 heterocycles. The summed E-state index contributed by atoms with van der Waals surface area (Å²) in [6.07, 6.45) is 6.59. The monoisotopic (exact) mass is 501 g/mol. The minimum atomic E-state index is -3.49. The third-order valence-electron chi connectivity index (χ3n) is 7.84. The van der Waals surface area contributed by atoms with Crippen molar-refractivity contribution in [2.24, 2.45) is 11.8 Å². The molecular formula is C26H35N3O5S. The van der Waals surface area contributed by atoms with Crippen LogP contribution in [0.5, 0.6) is 0 Å². The fourth-order valence-corrected chi connectivity index (χ4v) is 6.98. The molecule has 3 aliphatic rings. The lowest BCUT2D eigenvalue weighted by molar-refractivity contribution is -0.121. The molecule has 8 nitrogen and oxygen atoms in total. The zero-order valence-corrected chi connectivity index (χ0v) is 21.4. The maximum absolute atomic E-state index is 13.2. The van der Waals surface area contributed by atoms with Crippen LogP contribution in [-0.2, 0) is 32.4 Å². The summed E-state index contributed by atoms with van der Waals surface area (Å²) in [5, 5.41) is 3.76. The standard InChI is InChI=1S/C26H35N3O5S/c1-3-35(32,33)29-23-8-4-18(17-10-12-34-13-11-17)14-21(23)22-15-19(5-9-24(22)29)26(31)28(2)16-25(30)27-20-6-7-20/h5,9,15,17-18,20H,3-4,6-8,10-14,16H2,1-2H3,(H,27,30). The zero-order valence-electron chi connectivity index (χ0n) is 20.6. The average Bonchev–Trinajstić information content (AvgIpc) is 3.61. The van der Waals surface area contributed by atoms with E-state index in [0.717, 1.165) is 74.8 Å². The van der Waals surface area contributed by atoms with Crippen LogP contribution in [0.15, 0.2) is 18.2 Å². The molecule has 0 radical (unpaired) electrons. The van der Waals surface area contributed by atoms with Crippen LogP contribution in [-0.4, -0.2) is 67.7 Å². The Kier molecular flexibility index (Phi) is 6.65. The number of carbonyl (C=O) groups excluding carboxylic acids is 2. The molecule has 2 aromatic rings. The average molecular weight is 502 g/mol. The van der Waals surface area contributed by atoms with Crippen LogP contribution in [0.25, 0.3) is 10.9 Å². The number of carbonyl (C=O) groups is 2. The van der Waals surface area contributed by atoms with Crippen molar-refractivity contribution in [1.82, 2.24) is 14.2 Å². The van der Waals surface area contributed by atoms with Crippen molar-refractivity contribution in [1.29, 1.82) is 0 Å². The second-order valence-electron chi connectivity index (χ2n) is 10.3. The Bertz CT molecular complexity index is 1240. The minimum absolute atomic E-state index is 0.00251. The Labute approximate surface area is 207 Å². The number of hydrogen-bond donors (Lipinski definition) is 1. The van der Waals surface area contributed by atoms with E-state index in [-0.39, 0.29) is 30.2 Å². The first-order valence-electron chi connectivity index (χ1n) is 12.8. The van der Waals surface area contributed by atoms with E-state index in [9.17, 15) is 18.0 Å². The highest BCUT2D eigenvalue weighted by Crippen LogP contribution is 2.40. The summed E-state index contributed by atoms with van der Waals surface area (Å²) in [7, 11) is -1.86. The van der Waals surface area contributed by atoms with Crippen molar-refractivity contribution in [3.63, 3.8) is 0 Å². The number of rotatable bonds is 7. The van der Waals surface area contributed by atoms with Gasteiger partial charge in [-0.15, -0.1) is 0 Å². The van der Waals surface area contributed by atoms with Gasteiger partial charge in [0.2, 0.25) is 15.9 Å². The normalized spacial score (nSPS) is 21.0. The smallest absolute Gasteiger partial charge is 0.254 e. The maximum atomic E-state index is 13.2. The molecule has 2 aliphatic carbocycles. The van der Waals surface area contributed by atoms with Gasteiger partial charge < -0.3 is 15.0 Å². The number of nitrogens with one attached hydrogen (secondary N) is 1. The highest BCUT2D eigenvalue weighted by atomic mass is 32.2. The maximum Gasteiger partial charge on any atom is 0.254 e. The first-order chi connectivity index (χ1) is 16.8. The van der Waals surface area contributed by atoms with Crippen molar-refractivity contribution >= 4 is 32.7 Å². The van der Waals surface area contributed by atoms with E-state index in [1.807, 2.05) is 6.07 Å². The Morgan fingerprint density at radius 2 is 1.86 bits per heavy atom. The molecule has 1 aliphatic heterocycles. The first-order valence-corrected chi connectivity index (χ1v) is 14.4. The SMILES string of the molecule is CCS(=O)(=O)n1c2c(c3cc(C(=O)N(C)CC(=O)NC4CC4)ccc31)CC(C1CCOCC1)CC2. The molecule has 1 saturated carbocycles.